The van der Waals surface area contributed by atoms with Crippen molar-refractivity contribution in [3.63, 3.8) is 0 Å². The fourth-order valence-corrected chi connectivity index (χ4v) is 1.34. The van der Waals surface area contributed by atoms with Gasteiger partial charge in [0.05, 0.1) is 6.61 Å². The molecule has 0 saturated heterocycles. The van der Waals surface area contributed by atoms with Crippen LogP contribution in [0.5, 0.6) is 0 Å². The number of benzene rings is 1. The van der Waals surface area contributed by atoms with Crippen molar-refractivity contribution < 1.29 is 14.0 Å². The number of halogens is 1. The lowest BCUT2D eigenvalue weighted by atomic mass is 10.1. The van der Waals surface area contributed by atoms with E-state index in [1.807, 2.05) is 12.1 Å². The average Bonchev–Trinajstić information content (AvgIpc) is 2.83. The molecule has 0 unspecified atom stereocenters. The highest BCUT2D eigenvalue weighted by Crippen LogP contribution is 2.18. The van der Waals surface area contributed by atoms with Gasteiger partial charge in [0.2, 0.25) is 0 Å². The molecule has 1 aromatic carbocycles. The predicted octanol–water partition coefficient (Wildman–Crippen LogP) is 2.64. The van der Waals surface area contributed by atoms with E-state index in [1.54, 1.807) is 18.2 Å². The number of aliphatic hydroxyl groups excluding tert-OH is 1. The van der Waals surface area contributed by atoms with Gasteiger partial charge in [0.1, 0.15) is 17.8 Å². The van der Waals surface area contributed by atoms with Gasteiger partial charge in [-0.05, 0) is 11.6 Å². The van der Waals surface area contributed by atoms with Gasteiger partial charge in [-0.25, -0.2) is 4.39 Å². The van der Waals surface area contributed by atoms with E-state index in [2.05, 4.69) is 5.16 Å². The summed E-state index contributed by atoms with van der Waals surface area (Å²) in [5, 5.41) is 12.3. The number of aromatic nitrogens is 1. The molecular weight excluding hydrogens is 209 g/mol. The molecule has 1 N–H and O–H groups in total. The lowest BCUT2D eigenvalue weighted by Crippen LogP contribution is -1.83. The predicted molar refractivity (Wildman–Crippen MR) is 58.1 cm³/mol. The first-order valence-electron chi connectivity index (χ1n) is 4.77. The molecule has 82 valence electrons. The Kier molecular flexibility index (Phi) is 3.12. The maximum atomic E-state index is 12.8. The van der Waals surface area contributed by atoms with Gasteiger partial charge in [-0.3, -0.25) is 0 Å². The number of rotatable bonds is 3. The molecule has 0 bridgehead atoms. The zero-order chi connectivity index (χ0) is 11.4. The minimum absolute atomic E-state index is 0.561. The van der Waals surface area contributed by atoms with Crippen molar-refractivity contribution in [3.05, 3.63) is 48.0 Å². The highest BCUT2D eigenvalue weighted by molar-refractivity contribution is 5.62. The molecule has 2 rings (SSSR count). The molecule has 16 heavy (non-hydrogen) atoms. The number of aliphatic hydroxyl groups is 1. The molecule has 3 nitrogen and oxygen atoms in total. The summed E-state index contributed by atoms with van der Waals surface area (Å²) in [4.78, 5) is 0. The van der Waals surface area contributed by atoms with Crippen molar-refractivity contribution in [1.82, 2.24) is 5.16 Å². The minimum atomic E-state index is -0.578. The quantitative estimate of drug-likeness (QED) is 0.863. The maximum absolute atomic E-state index is 12.8. The van der Waals surface area contributed by atoms with Crippen molar-refractivity contribution in [1.29, 1.82) is 0 Å². The van der Waals surface area contributed by atoms with E-state index in [0.717, 1.165) is 11.3 Å². The topological polar surface area (TPSA) is 46.3 Å². The van der Waals surface area contributed by atoms with Crippen LogP contribution < -0.4 is 0 Å². The molecule has 1 aromatic heterocycles. The standard InChI is InChI=1S/C12H10FNO2/c13-11(8-15)7-9-1-3-10(4-2-9)12-5-6-16-14-12/h1-7,15H,8H2/b11-7-. The molecule has 0 radical (unpaired) electrons. The number of nitrogens with zero attached hydrogens (tertiary/aromatic N) is 1. The molecule has 4 heteroatoms. The summed E-state index contributed by atoms with van der Waals surface area (Å²) >= 11 is 0. The molecule has 0 saturated carbocycles. The molecule has 0 aliphatic heterocycles. The van der Waals surface area contributed by atoms with E-state index in [4.69, 9.17) is 9.63 Å². The largest absolute Gasteiger partial charge is 0.389 e. The van der Waals surface area contributed by atoms with E-state index in [1.165, 1.54) is 12.3 Å². The second kappa shape index (κ2) is 4.72. The molecule has 0 fully saturated rings. The van der Waals surface area contributed by atoms with Crippen LogP contribution in [-0.4, -0.2) is 16.9 Å². The highest BCUT2D eigenvalue weighted by Gasteiger charge is 2.00. The van der Waals surface area contributed by atoms with Crippen molar-refractivity contribution >= 4 is 6.08 Å². The third-order valence-corrected chi connectivity index (χ3v) is 2.12. The molecule has 1 heterocycles. The fourth-order valence-electron chi connectivity index (χ4n) is 1.34. The highest BCUT2D eigenvalue weighted by atomic mass is 19.1. The van der Waals surface area contributed by atoms with Crippen molar-refractivity contribution in [2.75, 3.05) is 6.61 Å². The van der Waals surface area contributed by atoms with Crippen LogP contribution in [0.2, 0.25) is 0 Å². The van der Waals surface area contributed by atoms with Gasteiger partial charge < -0.3 is 9.63 Å². The van der Waals surface area contributed by atoms with Gasteiger partial charge >= 0.3 is 0 Å². The summed E-state index contributed by atoms with van der Waals surface area (Å²) in [6.07, 6.45) is 2.78. The molecule has 0 amide bonds. The van der Waals surface area contributed by atoms with Crippen LogP contribution in [0.4, 0.5) is 4.39 Å². The van der Waals surface area contributed by atoms with Crippen LogP contribution in [0.25, 0.3) is 17.3 Å². The van der Waals surface area contributed by atoms with Crippen molar-refractivity contribution in [2.24, 2.45) is 0 Å². The summed E-state index contributed by atoms with van der Waals surface area (Å²) in [5.41, 5.74) is 2.33. The number of hydrogen-bond donors (Lipinski definition) is 1. The lowest BCUT2D eigenvalue weighted by Gasteiger charge is -1.97. The molecule has 0 aliphatic carbocycles. The zero-order valence-corrected chi connectivity index (χ0v) is 8.43. The van der Waals surface area contributed by atoms with E-state index in [9.17, 15) is 4.39 Å². The van der Waals surface area contributed by atoms with E-state index in [0.29, 0.717) is 5.56 Å². The van der Waals surface area contributed by atoms with Gasteiger partial charge in [-0.1, -0.05) is 29.4 Å². The first-order valence-corrected chi connectivity index (χ1v) is 4.77. The molecule has 0 aliphatic rings. The van der Waals surface area contributed by atoms with E-state index >= 15 is 0 Å². The van der Waals surface area contributed by atoms with Crippen LogP contribution in [0.1, 0.15) is 5.56 Å². The Morgan fingerprint density at radius 3 is 2.62 bits per heavy atom. The van der Waals surface area contributed by atoms with Crippen LogP contribution in [0.3, 0.4) is 0 Å². The summed E-state index contributed by atoms with van der Waals surface area (Å²) in [7, 11) is 0. The SMILES string of the molecule is OC/C(F)=C/c1ccc(-c2ccon2)cc1. The minimum Gasteiger partial charge on any atom is -0.389 e. The Hall–Kier alpha value is -1.94. The normalized spacial score (nSPS) is 11.8. The number of hydrogen-bond acceptors (Lipinski definition) is 3. The first-order chi connectivity index (χ1) is 7.79. The van der Waals surface area contributed by atoms with E-state index in [-0.39, 0.29) is 0 Å². The smallest absolute Gasteiger partial charge is 0.126 e. The van der Waals surface area contributed by atoms with Gasteiger partial charge in [0, 0.05) is 11.6 Å². The van der Waals surface area contributed by atoms with Crippen molar-refractivity contribution in [2.45, 2.75) is 0 Å². The lowest BCUT2D eigenvalue weighted by molar-refractivity contribution is 0.300. The summed E-state index contributed by atoms with van der Waals surface area (Å²) in [6.45, 7) is -0.578. The van der Waals surface area contributed by atoms with Crippen LogP contribution in [0, 0.1) is 0 Å². The van der Waals surface area contributed by atoms with Crippen LogP contribution >= 0.6 is 0 Å². The van der Waals surface area contributed by atoms with Gasteiger partial charge in [0.15, 0.2) is 0 Å². The average molecular weight is 219 g/mol. The first kappa shape index (κ1) is 10.6. The second-order valence-corrected chi connectivity index (χ2v) is 3.26. The zero-order valence-electron chi connectivity index (χ0n) is 8.43. The summed E-state index contributed by atoms with van der Waals surface area (Å²) < 4.78 is 17.5. The Morgan fingerprint density at radius 2 is 2.06 bits per heavy atom. The van der Waals surface area contributed by atoms with Crippen LogP contribution in [-0.2, 0) is 0 Å². The molecule has 0 spiro atoms. The van der Waals surface area contributed by atoms with Gasteiger partial charge in [-0.15, -0.1) is 0 Å². The third kappa shape index (κ3) is 2.35. The Bertz CT molecular complexity index is 474. The Labute approximate surface area is 91.8 Å². The van der Waals surface area contributed by atoms with Crippen molar-refractivity contribution in [3.8, 4) is 11.3 Å². The monoisotopic (exact) mass is 219 g/mol. The molecule has 0 atom stereocenters. The Balaban J connectivity index is 2.23. The third-order valence-electron chi connectivity index (χ3n) is 2.12. The Morgan fingerprint density at radius 1 is 1.31 bits per heavy atom. The molecule has 2 aromatic rings. The van der Waals surface area contributed by atoms with E-state index < -0.39 is 12.4 Å². The second-order valence-electron chi connectivity index (χ2n) is 3.26. The fraction of sp³-hybridized carbons (Fsp3) is 0.0833. The summed E-state index contributed by atoms with van der Waals surface area (Å²) in [5.74, 6) is -0.561. The van der Waals surface area contributed by atoms with Crippen LogP contribution in [0.15, 0.2) is 46.9 Å². The molecular formula is C12H10FNO2. The summed E-state index contributed by atoms with van der Waals surface area (Å²) in [6, 6.07) is 8.88. The van der Waals surface area contributed by atoms with Gasteiger partial charge in [-0.2, -0.15) is 0 Å². The maximum Gasteiger partial charge on any atom is 0.126 e. The van der Waals surface area contributed by atoms with Gasteiger partial charge in [0.25, 0.3) is 0 Å².